The standard InChI is InChI=1S/C17H23N5O/c1-11(2)15-18-8-5-14(19-15)22-9-6-12(7-10-22)16-20-17(23-21-16)13-3-4-13/h5,8,11-13H,3-4,6-7,9-10H2,1-2H3. The number of aromatic nitrogens is 4. The van der Waals surface area contributed by atoms with Crippen LogP contribution in [0.15, 0.2) is 16.8 Å². The molecule has 0 aromatic carbocycles. The second-order valence-electron chi connectivity index (χ2n) is 6.95. The van der Waals surface area contributed by atoms with Gasteiger partial charge < -0.3 is 9.42 Å². The summed E-state index contributed by atoms with van der Waals surface area (Å²) in [4.78, 5) is 16.0. The van der Waals surface area contributed by atoms with E-state index >= 15 is 0 Å². The second-order valence-corrected chi connectivity index (χ2v) is 6.95. The van der Waals surface area contributed by atoms with Gasteiger partial charge in [0.15, 0.2) is 5.82 Å². The molecule has 0 amide bonds. The molecule has 1 saturated heterocycles. The summed E-state index contributed by atoms with van der Waals surface area (Å²) in [6, 6.07) is 2.01. The third-order valence-electron chi connectivity index (χ3n) is 4.74. The van der Waals surface area contributed by atoms with E-state index < -0.39 is 0 Å². The summed E-state index contributed by atoms with van der Waals surface area (Å²) in [5, 5.41) is 4.21. The normalized spacial score (nSPS) is 19.5. The van der Waals surface area contributed by atoms with Crippen LogP contribution in [0.25, 0.3) is 0 Å². The van der Waals surface area contributed by atoms with Crippen LogP contribution in [0.5, 0.6) is 0 Å². The molecule has 0 unspecified atom stereocenters. The summed E-state index contributed by atoms with van der Waals surface area (Å²) in [6.07, 6.45) is 6.36. The summed E-state index contributed by atoms with van der Waals surface area (Å²) < 4.78 is 5.40. The van der Waals surface area contributed by atoms with Gasteiger partial charge >= 0.3 is 0 Å². The molecule has 0 bridgehead atoms. The van der Waals surface area contributed by atoms with E-state index in [0.29, 0.717) is 17.8 Å². The molecule has 6 nitrogen and oxygen atoms in total. The van der Waals surface area contributed by atoms with Crippen molar-refractivity contribution in [1.82, 2.24) is 20.1 Å². The predicted molar refractivity (Wildman–Crippen MR) is 86.6 cm³/mol. The smallest absolute Gasteiger partial charge is 0.229 e. The average molecular weight is 313 g/mol. The first-order valence-corrected chi connectivity index (χ1v) is 8.62. The Kier molecular flexibility index (Phi) is 3.75. The summed E-state index contributed by atoms with van der Waals surface area (Å²) in [5.74, 6) is 5.00. The SMILES string of the molecule is CC(C)c1nccc(N2CCC(c3noc(C4CC4)n3)CC2)n1. The molecule has 4 rings (SSSR count). The molecule has 1 aliphatic heterocycles. The molecular formula is C17H23N5O. The molecule has 1 saturated carbocycles. The number of piperidine rings is 1. The fraction of sp³-hybridized carbons (Fsp3) is 0.647. The van der Waals surface area contributed by atoms with Gasteiger partial charge in [-0.05, 0) is 31.7 Å². The minimum Gasteiger partial charge on any atom is -0.356 e. The maximum atomic E-state index is 5.40. The van der Waals surface area contributed by atoms with Crippen molar-refractivity contribution in [2.45, 2.75) is 57.3 Å². The van der Waals surface area contributed by atoms with E-state index in [0.717, 1.165) is 49.3 Å². The molecule has 0 atom stereocenters. The van der Waals surface area contributed by atoms with Gasteiger partial charge in [0.25, 0.3) is 0 Å². The molecule has 2 aromatic rings. The summed E-state index contributed by atoms with van der Waals surface area (Å²) in [6.45, 7) is 6.21. The van der Waals surface area contributed by atoms with Crippen molar-refractivity contribution in [2.75, 3.05) is 18.0 Å². The van der Waals surface area contributed by atoms with E-state index in [2.05, 4.69) is 33.9 Å². The van der Waals surface area contributed by atoms with Gasteiger partial charge in [0.05, 0.1) is 0 Å². The zero-order valence-corrected chi connectivity index (χ0v) is 13.8. The van der Waals surface area contributed by atoms with Crippen LogP contribution in [0.3, 0.4) is 0 Å². The Hall–Kier alpha value is -1.98. The molecule has 0 N–H and O–H groups in total. The van der Waals surface area contributed by atoms with Crippen molar-refractivity contribution in [2.24, 2.45) is 0 Å². The Morgan fingerprint density at radius 2 is 1.87 bits per heavy atom. The number of rotatable bonds is 4. The minimum atomic E-state index is 0.354. The third-order valence-corrected chi connectivity index (χ3v) is 4.74. The predicted octanol–water partition coefficient (Wildman–Crippen LogP) is 3.24. The summed E-state index contributed by atoms with van der Waals surface area (Å²) in [5.41, 5.74) is 0. The Bertz CT molecular complexity index is 671. The average Bonchev–Trinajstić information content (AvgIpc) is 3.32. The summed E-state index contributed by atoms with van der Waals surface area (Å²) >= 11 is 0. The van der Waals surface area contributed by atoms with Crippen LogP contribution in [0.1, 0.15) is 74.8 Å². The molecule has 1 aliphatic carbocycles. The lowest BCUT2D eigenvalue weighted by molar-refractivity contribution is 0.364. The highest BCUT2D eigenvalue weighted by atomic mass is 16.5. The van der Waals surface area contributed by atoms with Crippen LogP contribution in [0.4, 0.5) is 5.82 Å². The van der Waals surface area contributed by atoms with Crippen molar-refractivity contribution in [3.63, 3.8) is 0 Å². The molecule has 2 fully saturated rings. The van der Waals surface area contributed by atoms with Gasteiger partial charge in [-0.15, -0.1) is 0 Å². The third kappa shape index (κ3) is 3.07. The highest BCUT2D eigenvalue weighted by Crippen LogP contribution is 2.39. The number of nitrogens with zero attached hydrogens (tertiary/aromatic N) is 5. The Morgan fingerprint density at radius 3 is 2.57 bits per heavy atom. The second kappa shape index (κ2) is 5.91. The van der Waals surface area contributed by atoms with Crippen molar-refractivity contribution in [1.29, 1.82) is 0 Å². The van der Waals surface area contributed by atoms with Gasteiger partial charge in [-0.3, -0.25) is 0 Å². The molecule has 23 heavy (non-hydrogen) atoms. The first-order chi connectivity index (χ1) is 11.2. The highest BCUT2D eigenvalue weighted by molar-refractivity contribution is 5.38. The van der Waals surface area contributed by atoms with Crippen molar-refractivity contribution < 1.29 is 4.52 Å². The van der Waals surface area contributed by atoms with E-state index in [-0.39, 0.29) is 0 Å². The summed E-state index contributed by atoms with van der Waals surface area (Å²) in [7, 11) is 0. The van der Waals surface area contributed by atoms with Crippen LogP contribution >= 0.6 is 0 Å². The van der Waals surface area contributed by atoms with E-state index in [1.165, 1.54) is 12.8 Å². The molecule has 6 heteroatoms. The Balaban J connectivity index is 1.41. The van der Waals surface area contributed by atoms with Gasteiger partial charge in [0.2, 0.25) is 5.89 Å². The lowest BCUT2D eigenvalue weighted by Gasteiger charge is -2.31. The van der Waals surface area contributed by atoms with E-state index in [4.69, 9.17) is 9.51 Å². The van der Waals surface area contributed by atoms with Crippen molar-refractivity contribution in [3.05, 3.63) is 29.8 Å². The van der Waals surface area contributed by atoms with Gasteiger partial charge in [-0.2, -0.15) is 4.98 Å². The topological polar surface area (TPSA) is 67.9 Å². The van der Waals surface area contributed by atoms with Gasteiger partial charge in [-0.1, -0.05) is 19.0 Å². The van der Waals surface area contributed by atoms with Crippen LogP contribution in [0, 0.1) is 0 Å². The van der Waals surface area contributed by atoms with Gasteiger partial charge in [0.1, 0.15) is 11.6 Å². The lowest BCUT2D eigenvalue weighted by atomic mass is 9.96. The highest BCUT2D eigenvalue weighted by Gasteiger charge is 2.32. The van der Waals surface area contributed by atoms with E-state index in [1.54, 1.807) is 0 Å². The van der Waals surface area contributed by atoms with Crippen LogP contribution in [-0.4, -0.2) is 33.2 Å². The quantitative estimate of drug-likeness (QED) is 0.863. The Morgan fingerprint density at radius 1 is 1.09 bits per heavy atom. The van der Waals surface area contributed by atoms with Gasteiger partial charge in [0, 0.05) is 37.0 Å². The van der Waals surface area contributed by atoms with Crippen molar-refractivity contribution >= 4 is 5.82 Å². The van der Waals surface area contributed by atoms with Gasteiger partial charge in [-0.25, -0.2) is 9.97 Å². The first kappa shape index (κ1) is 14.6. The molecule has 3 heterocycles. The number of hydrogen-bond donors (Lipinski definition) is 0. The lowest BCUT2D eigenvalue weighted by Crippen LogP contribution is -2.34. The maximum Gasteiger partial charge on any atom is 0.229 e. The fourth-order valence-corrected chi connectivity index (χ4v) is 3.09. The number of anilines is 1. The molecule has 122 valence electrons. The Labute approximate surface area is 136 Å². The fourth-order valence-electron chi connectivity index (χ4n) is 3.09. The molecule has 2 aliphatic rings. The van der Waals surface area contributed by atoms with E-state index in [1.807, 2.05) is 12.3 Å². The van der Waals surface area contributed by atoms with Crippen LogP contribution < -0.4 is 4.90 Å². The zero-order valence-electron chi connectivity index (χ0n) is 13.8. The molecule has 2 aromatic heterocycles. The number of hydrogen-bond acceptors (Lipinski definition) is 6. The first-order valence-electron chi connectivity index (χ1n) is 8.62. The molecule has 0 spiro atoms. The van der Waals surface area contributed by atoms with E-state index in [9.17, 15) is 0 Å². The zero-order chi connectivity index (χ0) is 15.8. The van der Waals surface area contributed by atoms with Crippen molar-refractivity contribution in [3.8, 4) is 0 Å². The largest absolute Gasteiger partial charge is 0.356 e. The molecular weight excluding hydrogens is 290 g/mol. The molecule has 0 radical (unpaired) electrons. The maximum absolute atomic E-state index is 5.40. The van der Waals surface area contributed by atoms with Crippen LogP contribution in [0.2, 0.25) is 0 Å². The van der Waals surface area contributed by atoms with Crippen LogP contribution in [-0.2, 0) is 0 Å². The minimum absolute atomic E-state index is 0.354. The monoisotopic (exact) mass is 313 g/mol.